The lowest BCUT2D eigenvalue weighted by atomic mass is 9.33. The fourth-order valence-electron chi connectivity index (χ4n) is 14.7. The maximum atomic E-state index is 2.82. The maximum Gasteiger partial charge on any atom is 0.252 e. The van der Waals surface area contributed by atoms with E-state index in [1.807, 2.05) is 0 Å². The minimum absolute atomic E-state index is 0.0285. The Morgan fingerprint density at radius 1 is 0.405 bits per heavy atom. The first-order valence-corrected chi connectivity index (χ1v) is 29.3. The predicted molar refractivity (Wildman–Crippen MR) is 326 cm³/mol. The Morgan fingerprint density at radius 2 is 0.865 bits per heavy atom. The van der Waals surface area contributed by atoms with Gasteiger partial charge in [0.05, 0.1) is 10.4 Å². The number of rotatable bonds is 2. The van der Waals surface area contributed by atoms with Crippen molar-refractivity contribution in [2.24, 2.45) is 0 Å². The van der Waals surface area contributed by atoms with Crippen molar-refractivity contribution in [2.45, 2.75) is 220 Å². The molecule has 2 aliphatic heterocycles. The molecule has 0 saturated carbocycles. The van der Waals surface area contributed by atoms with E-state index in [0.717, 1.165) is 0 Å². The average molecular weight is 997 g/mol. The van der Waals surface area contributed by atoms with E-state index in [0.29, 0.717) is 0 Å². The van der Waals surface area contributed by atoms with Gasteiger partial charge in [-0.25, -0.2) is 0 Å². The normalized spacial score (nSPS) is 20.4. The Hall–Kier alpha value is -4.80. The van der Waals surface area contributed by atoms with Gasteiger partial charge in [0.25, 0.3) is 6.71 Å². The first-order valence-electron chi connectivity index (χ1n) is 28.5. The van der Waals surface area contributed by atoms with Crippen LogP contribution in [0.3, 0.4) is 0 Å². The summed E-state index contributed by atoms with van der Waals surface area (Å²) in [6, 6.07) is 33.7. The number of hydrogen-bond donors (Lipinski definition) is 0. The zero-order chi connectivity index (χ0) is 53.2. The Bertz CT molecular complexity index is 3570. The molecule has 0 fully saturated rings. The molecule has 2 nitrogen and oxygen atoms in total. The fraction of sp³-hybridized carbons (Fsp3) is 0.486. The Balaban J connectivity index is 1.26. The van der Waals surface area contributed by atoms with Crippen molar-refractivity contribution in [3.63, 3.8) is 0 Å². The molecule has 1 aromatic heterocycles. The molecule has 0 atom stereocenters. The second-order valence-corrected chi connectivity index (χ2v) is 31.4. The van der Waals surface area contributed by atoms with E-state index in [1.165, 1.54) is 159 Å². The molecule has 384 valence electrons. The van der Waals surface area contributed by atoms with Gasteiger partial charge < -0.3 is 9.80 Å². The monoisotopic (exact) mass is 997 g/mol. The molecule has 0 spiro atoms. The summed E-state index contributed by atoms with van der Waals surface area (Å²) >= 11 is 2.06. The summed E-state index contributed by atoms with van der Waals surface area (Å²) in [5.74, 6) is 0. The van der Waals surface area contributed by atoms with Gasteiger partial charge in [0.1, 0.15) is 0 Å². The molecule has 0 saturated heterocycles. The number of aryl methyl sites for hydroxylation is 2. The van der Waals surface area contributed by atoms with Gasteiger partial charge in [-0.3, -0.25) is 0 Å². The van der Waals surface area contributed by atoms with Crippen LogP contribution in [0, 0.1) is 13.8 Å². The molecule has 3 heterocycles. The second kappa shape index (κ2) is 15.4. The van der Waals surface area contributed by atoms with Gasteiger partial charge in [0.2, 0.25) is 0 Å². The highest BCUT2D eigenvalue weighted by molar-refractivity contribution is 7.26. The summed E-state index contributed by atoms with van der Waals surface area (Å²) < 4.78 is 2.83. The third kappa shape index (κ3) is 7.20. The van der Waals surface area contributed by atoms with E-state index in [2.05, 4.69) is 238 Å². The zero-order valence-corrected chi connectivity index (χ0v) is 49.9. The summed E-state index contributed by atoms with van der Waals surface area (Å²) in [5, 5.41) is 2.81. The van der Waals surface area contributed by atoms with Crippen molar-refractivity contribution in [3.05, 3.63) is 134 Å². The molecule has 4 heteroatoms. The van der Waals surface area contributed by atoms with E-state index in [-0.39, 0.29) is 50.0 Å². The summed E-state index contributed by atoms with van der Waals surface area (Å²) in [6.07, 6.45) is 7.15. The van der Waals surface area contributed by atoms with Crippen LogP contribution in [0.1, 0.15) is 219 Å². The molecule has 0 unspecified atom stereocenters. The second-order valence-electron chi connectivity index (χ2n) is 30.4. The van der Waals surface area contributed by atoms with E-state index < -0.39 is 0 Å². The molecular formula is C70H85BN2S. The van der Waals surface area contributed by atoms with Crippen molar-refractivity contribution in [2.75, 3.05) is 9.80 Å². The minimum atomic E-state index is -0.120. The Kier molecular flexibility index (Phi) is 10.4. The van der Waals surface area contributed by atoms with Crippen LogP contribution in [0.4, 0.5) is 34.1 Å². The Morgan fingerprint density at radius 3 is 1.39 bits per heavy atom. The summed E-state index contributed by atoms with van der Waals surface area (Å²) in [7, 11) is 0. The molecule has 7 aromatic rings. The standard InChI is InChI=1S/C70H85BN2S/c1-40-31-42(63(3,4)5)21-24-54(40)72-56-38-50-48(67(13,14)27-29-69(50,17)18)36-53(56)71-52-23-22-44-45-35-47-51(70(19,20)30-26-66(47,11)12)39-59(45)74-62(44)61(52)73(58-34-43(64(6,7)8)33-57(72)60(58)71)55-37-49-46(32-41(55)2)65(9,10)25-28-68(49,15)16/h21-24,31-39H,25-30H2,1-20H3. The number of fused-ring (bicyclic) bond motifs is 11. The van der Waals surface area contributed by atoms with Crippen molar-refractivity contribution >= 4 is 88.7 Å². The largest absolute Gasteiger partial charge is 0.311 e. The molecule has 0 N–H and O–H groups in total. The van der Waals surface area contributed by atoms with Crippen molar-refractivity contribution in [1.29, 1.82) is 0 Å². The van der Waals surface area contributed by atoms with Crippen LogP contribution in [0.15, 0.2) is 78.9 Å². The minimum Gasteiger partial charge on any atom is -0.311 e. The van der Waals surface area contributed by atoms with Crippen LogP contribution in [-0.2, 0) is 43.3 Å². The highest BCUT2D eigenvalue weighted by atomic mass is 32.1. The number of hydrogen-bond acceptors (Lipinski definition) is 3. The SMILES string of the molecule is Cc1cc(C(C)(C)C)ccc1N1c2cc3c(cc2B2c4ccc5c(sc6cc7c(cc65)C(C)(C)CCC7(C)C)c4N(c4cc5c(cc4C)C(C)(C)CCC5(C)C)c4cc(C(C)(C)C)cc1c42)C(C)(C)CCC3(C)C. The van der Waals surface area contributed by atoms with Crippen LogP contribution in [0.2, 0.25) is 0 Å². The first-order chi connectivity index (χ1) is 34.2. The number of anilines is 6. The molecule has 5 aliphatic rings. The van der Waals surface area contributed by atoms with Crippen LogP contribution in [-0.4, -0.2) is 6.71 Å². The predicted octanol–water partition coefficient (Wildman–Crippen LogP) is 18.4. The molecule has 12 rings (SSSR count). The third-order valence-electron chi connectivity index (χ3n) is 20.2. The summed E-state index contributed by atoms with van der Waals surface area (Å²) in [5.41, 5.74) is 27.3. The van der Waals surface area contributed by atoms with Gasteiger partial charge in [-0.05, 0) is 210 Å². The average Bonchev–Trinajstić information content (AvgIpc) is 3.68. The highest BCUT2D eigenvalue weighted by Gasteiger charge is 2.49. The lowest BCUT2D eigenvalue weighted by Gasteiger charge is -2.48. The molecule has 0 radical (unpaired) electrons. The molecule has 0 bridgehead atoms. The molecular weight excluding hydrogens is 912 g/mol. The van der Waals surface area contributed by atoms with Gasteiger partial charge in [-0.1, -0.05) is 161 Å². The smallest absolute Gasteiger partial charge is 0.252 e. The summed E-state index contributed by atoms with van der Waals surface area (Å²) in [6.45, 7) is 49.1. The first kappa shape index (κ1) is 50.0. The van der Waals surface area contributed by atoms with Crippen LogP contribution < -0.4 is 26.2 Å². The third-order valence-corrected chi connectivity index (χ3v) is 21.4. The maximum absolute atomic E-state index is 2.82. The summed E-state index contributed by atoms with van der Waals surface area (Å²) in [4.78, 5) is 5.56. The van der Waals surface area contributed by atoms with Gasteiger partial charge in [0, 0.05) is 43.9 Å². The molecule has 3 aliphatic carbocycles. The number of benzene rings is 6. The molecule has 74 heavy (non-hydrogen) atoms. The van der Waals surface area contributed by atoms with Crippen LogP contribution in [0.5, 0.6) is 0 Å². The van der Waals surface area contributed by atoms with E-state index in [1.54, 1.807) is 5.56 Å². The van der Waals surface area contributed by atoms with Crippen molar-refractivity contribution in [1.82, 2.24) is 0 Å². The van der Waals surface area contributed by atoms with Gasteiger partial charge >= 0.3 is 0 Å². The van der Waals surface area contributed by atoms with Crippen molar-refractivity contribution < 1.29 is 0 Å². The highest BCUT2D eigenvalue weighted by Crippen LogP contribution is 2.57. The van der Waals surface area contributed by atoms with Gasteiger partial charge in [0.15, 0.2) is 0 Å². The Labute approximate surface area is 450 Å². The zero-order valence-electron chi connectivity index (χ0n) is 49.1. The van der Waals surface area contributed by atoms with Gasteiger partial charge in [-0.15, -0.1) is 11.3 Å². The van der Waals surface area contributed by atoms with E-state index >= 15 is 0 Å². The van der Waals surface area contributed by atoms with E-state index in [9.17, 15) is 0 Å². The van der Waals surface area contributed by atoms with E-state index in [4.69, 9.17) is 0 Å². The number of thiophene rings is 1. The topological polar surface area (TPSA) is 6.48 Å². The lowest BCUT2D eigenvalue weighted by molar-refractivity contribution is 0.332. The molecule has 6 aromatic carbocycles. The van der Waals surface area contributed by atoms with Crippen LogP contribution in [0.25, 0.3) is 20.2 Å². The van der Waals surface area contributed by atoms with Crippen molar-refractivity contribution in [3.8, 4) is 0 Å². The molecule has 0 amide bonds. The number of nitrogens with zero attached hydrogens (tertiary/aromatic N) is 2. The van der Waals surface area contributed by atoms with Crippen LogP contribution >= 0.6 is 11.3 Å². The quantitative estimate of drug-likeness (QED) is 0.159. The fourth-order valence-corrected chi connectivity index (χ4v) is 16.0. The lowest BCUT2D eigenvalue weighted by Crippen LogP contribution is -2.62. The van der Waals surface area contributed by atoms with Gasteiger partial charge in [-0.2, -0.15) is 0 Å².